The summed E-state index contributed by atoms with van der Waals surface area (Å²) in [5.41, 5.74) is 6.65. The minimum Gasteiger partial charge on any atom is -0.207 e. The summed E-state index contributed by atoms with van der Waals surface area (Å²) >= 11 is 0. The molecule has 0 unspecified atom stereocenters. The number of benzene rings is 3. The van der Waals surface area contributed by atoms with Crippen LogP contribution in [0.15, 0.2) is 66.7 Å². The third-order valence-electron chi connectivity index (χ3n) is 5.02. The van der Waals surface area contributed by atoms with E-state index in [0.29, 0.717) is 0 Å². The van der Waals surface area contributed by atoms with E-state index in [1.807, 2.05) is 0 Å². The summed E-state index contributed by atoms with van der Waals surface area (Å²) in [5, 5.41) is 0. The molecule has 0 bridgehead atoms. The fraction of sp³-hybridized carbons (Fsp3) is 0.308. The summed E-state index contributed by atoms with van der Waals surface area (Å²) in [6, 6.07) is 22.4. The van der Waals surface area contributed by atoms with Gasteiger partial charge in [-0.1, -0.05) is 90.1 Å². The summed E-state index contributed by atoms with van der Waals surface area (Å²) in [6.45, 7) is 13.0. The van der Waals surface area contributed by atoms with Crippen LogP contribution >= 0.6 is 0 Å². The first-order chi connectivity index (χ1) is 12.5. The molecule has 0 heterocycles. The van der Waals surface area contributed by atoms with Gasteiger partial charge >= 0.3 is 0 Å². The van der Waals surface area contributed by atoms with Crippen LogP contribution in [0.5, 0.6) is 0 Å². The van der Waals surface area contributed by atoms with Crippen LogP contribution in [0.2, 0.25) is 0 Å². The van der Waals surface area contributed by atoms with Crippen molar-refractivity contribution >= 4 is 0 Å². The van der Waals surface area contributed by atoms with E-state index in [-0.39, 0.29) is 16.6 Å². The maximum atomic E-state index is 14.3. The molecular formula is C26H29F. The Labute approximate surface area is 163 Å². The van der Waals surface area contributed by atoms with Gasteiger partial charge in [-0.2, -0.15) is 0 Å². The van der Waals surface area contributed by atoms with Crippen molar-refractivity contribution in [3.8, 4) is 22.3 Å². The van der Waals surface area contributed by atoms with Crippen LogP contribution in [0.1, 0.15) is 52.7 Å². The molecule has 0 N–H and O–H groups in total. The molecule has 0 saturated carbocycles. The topological polar surface area (TPSA) is 0 Å². The van der Waals surface area contributed by atoms with Gasteiger partial charge in [-0.3, -0.25) is 0 Å². The van der Waals surface area contributed by atoms with Gasteiger partial charge < -0.3 is 0 Å². The Balaban J connectivity index is 2.06. The van der Waals surface area contributed by atoms with Gasteiger partial charge in [-0.05, 0) is 62.4 Å². The second-order valence-corrected chi connectivity index (χ2v) is 9.39. The highest BCUT2D eigenvalue weighted by Gasteiger charge is 2.17. The van der Waals surface area contributed by atoms with Crippen LogP contribution in [0.3, 0.4) is 0 Å². The number of hydrogen-bond acceptors (Lipinski definition) is 0. The SMILES string of the molecule is CC(C)(C)c1cccc(-c2cccc(-c3cc(F)cc(C(C)(C)C)c3)c2)c1. The smallest absolute Gasteiger partial charge is 0.124 e. The third-order valence-corrected chi connectivity index (χ3v) is 5.02. The van der Waals surface area contributed by atoms with Gasteiger partial charge in [0.15, 0.2) is 0 Å². The predicted octanol–water partition coefficient (Wildman–Crippen LogP) is 7.75. The van der Waals surface area contributed by atoms with Gasteiger partial charge in [0.05, 0.1) is 0 Å². The molecule has 3 rings (SSSR count). The van der Waals surface area contributed by atoms with E-state index < -0.39 is 0 Å². The molecule has 0 amide bonds. The van der Waals surface area contributed by atoms with Crippen LogP contribution in [-0.4, -0.2) is 0 Å². The van der Waals surface area contributed by atoms with Gasteiger partial charge in [0.25, 0.3) is 0 Å². The highest BCUT2D eigenvalue weighted by Crippen LogP contribution is 2.32. The molecule has 0 saturated heterocycles. The molecule has 0 fully saturated rings. The lowest BCUT2D eigenvalue weighted by Crippen LogP contribution is -2.11. The lowest BCUT2D eigenvalue weighted by Gasteiger charge is -2.21. The second kappa shape index (κ2) is 6.96. The number of hydrogen-bond donors (Lipinski definition) is 0. The zero-order valence-corrected chi connectivity index (χ0v) is 17.2. The van der Waals surface area contributed by atoms with E-state index in [0.717, 1.165) is 22.3 Å². The van der Waals surface area contributed by atoms with Crippen LogP contribution in [-0.2, 0) is 10.8 Å². The Hall–Kier alpha value is -2.41. The minimum absolute atomic E-state index is 0.0878. The molecule has 0 nitrogen and oxygen atoms in total. The molecule has 0 aliphatic carbocycles. The Morgan fingerprint density at radius 3 is 1.59 bits per heavy atom. The molecule has 3 aromatic rings. The van der Waals surface area contributed by atoms with Gasteiger partial charge in [-0.25, -0.2) is 4.39 Å². The lowest BCUT2D eigenvalue weighted by molar-refractivity contribution is 0.573. The second-order valence-electron chi connectivity index (χ2n) is 9.39. The van der Waals surface area contributed by atoms with Crippen molar-refractivity contribution in [3.63, 3.8) is 0 Å². The molecule has 0 radical (unpaired) electrons. The van der Waals surface area contributed by atoms with Crippen molar-refractivity contribution in [2.24, 2.45) is 0 Å². The molecule has 0 atom stereocenters. The zero-order chi connectivity index (χ0) is 19.8. The van der Waals surface area contributed by atoms with Crippen LogP contribution < -0.4 is 0 Å². The van der Waals surface area contributed by atoms with Crippen LogP contribution in [0.25, 0.3) is 22.3 Å². The van der Waals surface area contributed by atoms with Crippen molar-refractivity contribution in [1.82, 2.24) is 0 Å². The first-order valence-electron chi connectivity index (χ1n) is 9.56. The van der Waals surface area contributed by atoms with Crippen LogP contribution in [0.4, 0.5) is 4.39 Å². The van der Waals surface area contributed by atoms with Crippen molar-refractivity contribution < 1.29 is 4.39 Å². The van der Waals surface area contributed by atoms with Gasteiger partial charge in [0.1, 0.15) is 5.82 Å². The average Bonchev–Trinajstić information content (AvgIpc) is 2.60. The van der Waals surface area contributed by atoms with E-state index in [4.69, 9.17) is 0 Å². The molecule has 1 heteroatoms. The first kappa shape index (κ1) is 19.4. The molecule has 27 heavy (non-hydrogen) atoms. The van der Waals surface area contributed by atoms with Crippen LogP contribution in [0, 0.1) is 5.82 Å². The highest BCUT2D eigenvalue weighted by atomic mass is 19.1. The van der Waals surface area contributed by atoms with Crippen molar-refractivity contribution in [1.29, 1.82) is 0 Å². The maximum Gasteiger partial charge on any atom is 0.124 e. The van der Waals surface area contributed by atoms with E-state index in [1.165, 1.54) is 11.1 Å². The normalized spacial score (nSPS) is 12.3. The Kier molecular flexibility index (Phi) is 4.99. The molecule has 0 aromatic heterocycles. The first-order valence-corrected chi connectivity index (χ1v) is 9.56. The fourth-order valence-corrected chi connectivity index (χ4v) is 3.23. The highest BCUT2D eigenvalue weighted by molar-refractivity contribution is 5.74. The zero-order valence-electron chi connectivity index (χ0n) is 17.2. The van der Waals surface area contributed by atoms with Gasteiger partial charge in [0, 0.05) is 0 Å². The predicted molar refractivity (Wildman–Crippen MR) is 115 cm³/mol. The molecule has 0 aliphatic rings. The Bertz CT molecular complexity index is 952. The summed E-state index contributed by atoms with van der Waals surface area (Å²) in [6.07, 6.45) is 0. The number of halogens is 1. The van der Waals surface area contributed by atoms with E-state index in [2.05, 4.69) is 96.1 Å². The molecule has 3 aromatic carbocycles. The van der Waals surface area contributed by atoms with E-state index in [9.17, 15) is 4.39 Å². The third kappa shape index (κ3) is 4.47. The van der Waals surface area contributed by atoms with Gasteiger partial charge in [0.2, 0.25) is 0 Å². The maximum absolute atomic E-state index is 14.3. The van der Waals surface area contributed by atoms with E-state index in [1.54, 1.807) is 12.1 Å². The van der Waals surface area contributed by atoms with E-state index >= 15 is 0 Å². The minimum atomic E-state index is -0.183. The molecule has 0 aliphatic heterocycles. The Morgan fingerprint density at radius 2 is 1.00 bits per heavy atom. The van der Waals surface area contributed by atoms with Gasteiger partial charge in [-0.15, -0.1) is 0 Å². The standard InChI is InChI=1S/C26H29F/c1-25(2,3)22-12-8-11-20(14-22)18-9-7-10-19(13-18)21-15-23(26(4,5)6)17-24(27)16-21/h7-17H,1-6H3. The van der Waals surface area contributed by atoms with Crippen molar-refractivity contribution in [2.45, 2.75) is 52.4 Å². The summed E-state index contributed by atoms with van der Waals surface area (Å²) in [7, 11) is 0. The quantitative estimate of drug-likeness (QED) is 0.438. The molecule has 0 spiro atoms. The fourth-order valence-electron chi connectivity index (χ4n) is 3.23. The summed E-state index contributed by atoms with van der Waals surface area (Å²) < 4.78 is 14.3. The lowest BCUT2D eigenvalue weighted by atomic mass is 9.84. The number of rotatable bonds is 2. The summed E-state index contributed by atoms with van der Waals surface area (Å²) in [4.78, 5) is 0. The molecule has 140 valence electrons. The van der Waals surface area contributed by atoms with Crippen molar-refractivity contribution in [3.05, 3.63) is 83.7 Å². The van der Waals surface area contributed by atoms with Crippen molar-refractivity contribution in [2.75, 3.05) is 0 Å². The average molecular weight is 361 g/mol. The summed E-state index contributed by atoms with van der Waals surface area (Å²) in [5.74, 6) is -0.183. The Morgan fingerprint density at radius 1 is 0.519 bits per heavy atom. The monoisotopic (exact) mass is 360 g/mol. The molecular weight excluding hydrogens is 331 g/mol. The largest absolute Gasteiger partial charge is 0.207 e.